The maximum absolute atomic E-state index is 13.1. The first-order valence-corrected chi connectivity index (χ1v) is 24.0. The summed E-state index contributed by atoms with van der Waals surface area (Å²) < 4.78 is 116. The number of piperazine rings is 2. The molecule has 2 aromatic carbocycles. The van der Waals surface area contributed by atoms with E-state index in [1.807, 2.05) is 24.1 Å². The van der Waals surface area contributed by atoms with Gasteiger partial charge in [0, 0.05) is 96.0 Å². The van der Waals surface area contributed by atoms with Crippen molar-refractivity contribution in [1.29, 1.82) is 0 Å². The summed E-state index contributed by atoms with van der Waals surface area (Å²) in [4.78, 5) is 32.8. The fourth-order valence-electron chi connectivity index (χ4n) is 7.45. The zero-order valence-corrected chi connectivity index (χ0v) is 41.8. The zero-order chi connectivity index (χ0) is 50.6. The first-order chi connectivity index (χ1) is 31.7. The van der Waals surface area contributed by atoms with Crippen molar-refractivity contribution in [2.45, 2.75) is 52.4 Å². The maximum atomic E-state index is 13.1. The molecule has 2 saturated heterocycles. The number of hydrogen-bond acceptors (Lipinski definition) is 11. The van der Waals surface area contributed by atoms with E-state index in [1.165, 1.54) is 37.2 Å². The van der Waals surface area contributed by atoms with Gasteiger partial charge in [-0.1, -0.05) is 46.4 Å². The SMILES string of the molecule is CNCc1cc(Cl)c(OC)cc1N1CCN(C(=O)Cn2nc(C(F)(F)F)c(Cl)c2C)CC1.COc1cc(N2CCN(C(=O)Cn3nc(C(F)(F)F)c(Cl)c3C)CC2)c(CN(C)S(C)(=O)=O)cc1Cl. The smallest absolute Gasteiger partial charge is 0.436 e. The molecule has 16 nitrogen and oxygen atoms in total. The molecule has 2 amide bonds. The number of carbonyl (C=O) groups excluding carboxylic acids is 2. The molecule has 4 aromatic rings. The molecular formula is C41H50Cl4F6N10O6S. The number of carbonyl (C=O) groups is 2. The molecule has 0 spiro atoms. The Morgan fingerprint density at radius 1 is 0.691 bits per heavy atom. The summed E-state index contributed by atoms with van der Waals surface area (Å²) in [5, 5.41) is 9.95. The van der Waals surface area contributed by atoms with Crippen LogP contribution in [-0.4, -0.2) is 141 Å². The minimum absolute atomic E-state index is 0.0591. The molecule has 0 bridgehead atoms. The fraction of sp³-hybridized carbons (Fsp3) is 0.512. The molecule has 2 fully saturated rings. The van der Waals surface area contributed by atoms with Crippen LogP contribution in [0.4, 0.5) is 37.7 Å². The van der Waals surface area contributed by atoms with Crippen molar-refractivity contribution in [3.8, 4) is 11.5 Å². The van der Waals surface area contributed by atoms with Gasteiger partial charge in [-0.15, -0.1) is 0 Å². The highest BCUT2D eigenvalue weighted by molar-refractivity contribution is 7.88. The minimum Gasteiger partial charge on any atom is -0.495 e. The molecule has 6 rings (SSSR count). The summed E-state index contributed by atoms with van der Waals surface area (Å²) >= 11 is 24.1. The minimum atomic E-state index is -4.72. The van der Waals surface area contributed by atoms with Gasteiger partial charge in [-0.3, -0.25) is 19.0 Å². The number of rotatable bonds is 13. The Morgan fingerprint density at radius 3 is 1.38 bits per heavy atom. The van der Waals surface area contributed by atoms with Crippen molar-refractivity contribution in [3.05, 3.63) is 78.3 Å². The average Bonchev–Trinajstić information content (AvgIpc) is 3.72. The Balaban J connectivity index is 0.000000256. The van der Waals surface area contributed by atoms with Gasteiger partial charge < -0.3 is 34.4 Å². The molecule has 27 heteroatoms. The van der Waals surface area contributed by atoms with E-state index >= 15 is 0 Å². The maximum Gasteiger partial charge on any atom is 0.436 e. The van der Waals surface area contributed by atoms with Gasteiger partial charge in [0.25, 0.3) is 0 Å². The van der Waals surface area contributed by atoms with Crippen LogP contribution in [0.1, 0.15) is 33.9 Å². The highest BCUT2D eigenvalue weighted by atomic mass is 35.5. The number of hydrogen-bond donors (Lipinski definition) is 1. The van der Waals surface area contributed by atoms with Crippen LogP contribution in [0.2, 0.25) is 20.1 Å². The third-order valence-electron chi connectivity index (χ3n) is 11.4. The van der Waals surface area contributed by atoms with Crippen molar-refractivity contribution >= 4 is 79.6 Å². The summed E-state index contributed by atoms with van der Waals surface area (Å²) in [5.74, 6) is 0.273. The third kappa shape index (κ3) is 12.9. The molecule has 0 unspecified atom stereocenters. The lowest BCUT2D eigenvalue weighted by Crippen LogP contribution is -2.50. The van der Waals surface area contributed by atoms with Gasteiger partial charge in [-0.25, -0.2) is 12.7 Å². The molecule has 2 aliphatic rings. The van der Waals surface area contributed by atoms with Gasteiger partial charge >= 0.3 is 12.4 Å². The Bertz CT molecular complexity index is 2580. The van der Waals surface area contributed by atoms with E-state index in [-0.39, 0.29) is 36.9 Å². The van der Waals surface area contributed by atoms with Crippen molar-refractivity contribution in [3.63, 3.8) is 0 Å². The largest absolute Gasteiger partial charge is 0.495 e. The predicted molar refractivity (Wildman–Crippen MR) is 247 cm³/mol. The lowest BCUT2D eigenvalue weighted by atomic mass is 10.1. The Hall–Kier alpha value is -4.39. The predicted octanol–water partition coefficient (Wildman–Crippen LogP) is 6.86. The number of amides is 2. The van der Waals surface area contributed by atoms with E-state index in [4.69, 9.17) is 55.9 Å². The summed E-state index contributed by atoms with van der Waals surface area (Å²) in [6.45, 7) is 6.14. The van der Waals surface area contributed by atoms with E-state index in [0.717, 1.165) is 26.9 Å². The Morgan fingerprint density at radius 2 is 1.06 bits per heavy atom. The number of methoxy groups -OCH3 is 2. The van der Waals surface area contributed by atoms with E-state index in [2.05, 4.69) is 20.4 Å². The number of alkyl halides is 6. The normalized spacial score (nSPS) is 14.9. The highest BCUT2D eigenvalue weighted by Gasteiger charge is 2.40. The van der Waals surface area contributed by atoms with Gasteiger partial charge in [0.15, 0.2) is 11.4 Å². The van der Waals surface area contributed by atoms with Gasteiger partial charge in [0.2, 0.25) is 21.8 Å². The van der Waals surface area contributed by atoms with Gasteiger partial charge in [0.1, 0.15) is 24.6 Å². The molecule has 68 heavy (non-hydrogen) atoms. The number of ether oxygens (including phenoxy) is 2. The molecule has 0 aliphatic carbocycles. The summed E-state index contributed by atoms with van der Waals surface area (Å²) in [6.07, 6.45) is -8.29. The number of anilines is 2. The van der Waals surface area contributed by atoms with Gasteiger partial charge in [0.05, 0.1) is 52.0 Å². The Labute approximate surface area is 409 Å². The summed E-state index contributed by atoms with van der Waals surface area (Å²) in [6, 6.07) is 7.10. The van der Waals surface area contributed by atoms with E-state index in [0.29, 0.717) is 91.7 Å². The van der Waals surface area contributed by atoms with Crippen LogP contribution in [0.3, 0.4) is 0 Å². The molecule has 0 atom stereocenters. The van der Waals surface area contributed by atoms with Gasteiger partial charge in [-0.05, 0) is 44.2 Å². The van der Waals surface area contributed by atoms with Crippen molar-refractivity contribution in [1.82, 2.24) is 39.0 Å². The van der Waals surface area contributed by atoms with Crippen LogP contribution in [0, 0.1) is 13.8 Å². The van der Waals surface area contributed by atoms with Crippen LogP contribution in [0.5, 0.6) is 11.5 Å². The molecule has 0 saturated carbocycles. The fourth-order valence-corrected chi connectivity index (χ4v) is 8.84. The van der Waals surface area contributed by atoms with Crippen LogP contribution in [0.15, 0.2) is 24.3 Å². The van der Waals surface area contributed by atoms with E-state index in [9.17, 15) is 44.3 Å². The molecular weight excluding hydrogens is 1020 g/mol. The molecule has 1 N–H and O–H groups in total. The number of benzene rings is 2. The number of nitrogens with one attached hydrogen (secondary N) is 1. The molecule has 2 aromatic heterocycles. The van der Waals surface area contributed by atoms with Crippen LogP contribution in [-0.2, 0) is 58.1 Å². The second kappa shape index (κ2) is 22.1. The van der Waals surface area contributed by atoms with Crippen LogP contribution >= 0.6 is 46.4 Å². The lowest BCUT2D eigenvalue weighted by Gasteiger charge is -2.37. The van der Waals surface area contributed by atoms with E-state index in [1.54, 1.807) is 24.1 Å². The van der Waals surface area contributed by atoms with Crippen LogP contribution in [0.25, 0.3) is 0 Å². The third-order valence-corrected chi connectivity index (χ3v) is 14.1. The Kier molecular flexibility index (Phi) is 17.8. The highest BCUT2D eigenvalue weighted by Crippen LogP contribution is 2.38. The number of sulfonamides is 1. The van der Waals surface area contributed by atoms with Crippen molar-refractivity contribution in [2.75, 3.05) is 96.7 Å². The molecule has 376 valence electrons. The average molecular weight is 1070 g/mol. The summed E-state index contributed by atoms with van der Waals surface area (Å²) in [5.41, 5.74) is 1.10. The standard InChI is InChI=1S/C21H26Cl2F3N5O4S.C20H24Cl2F3N5O2/c1-13-19(23)20(21(24,25)26)27-31(13)12-18(32)30-7-5-29(6-8-30)16-10-17(35-3)15(22)9-14(16)11-28(2)36(4,33)34;1-12-18(22)19(20(23,24)25)27-30(12)11-17(31)29-6-4-28(5-7-29)15-9-16(32-3)14(21)8-13(15)10-26-2/h9-10H,5-8,11-12H2,1-4H3;8-9,26H,4-7,10-11H2,1-3H3. The zero-order valence-electron chi connectivity index (χ0n) is 38.0. The number of nitrogens with zero attached hydrogens (tertiary/aromatic N) is 9. The molecule has 2 aliphatic heterocycles. The first kappa shape index (κ1) is 54.5. The number of halogens is 10. The van der Waals surface area contributed by atoms with Crippen molar-refractivity contribution in [2.24, 2.45) is 0 Å². The second-order valence-corrected chi connectivity index (χ2v) is 19.5. The van der Waals surface area contributed by atoms with Gasteiger partial charge in [-0.2, -0.15) is 36.5 Å². The van der Waals surface area contributed by atoms with Crippen LogP contribution < -0.4 is 24.6 Å². The quantitative estimate of drug-likeness (QED) is 0.140. The molecule has 4 heterocycles. The first-order valence-electron chi connectivity index (χ1n) is 20.6. The topological polar surface area (TPSA) is 151 Å². The lowest BCUT2D eigenvalue weighted by molar-refractivity contribution is -0.142. The number of aromatic nitrogens is 4. The summed E-state index contributed by atoms with van der Waals surface area (Å²) in [7, 11) is 2.88. The molecule has 0 radical (unpaired) electrons. The monoisotopic (exact) mass is 1060 g/mol. The second-order valence-electron chi connectivity index (χ2n) is 15.8. The van der Waals surface area contributed by atoms with Crippen molar-refractivity contribution < 1.29 is 53.8 Å². The van der Waals surface area contributed by atoms with E-state index < -0.39 is 49.7 Å².